The maximum Gasteiger partial charge on any atom is 0.155 e. The van der Waals surface area contributed by atoms with Crippen molar-refractivity contribution in [3.8, 4) is 0 Å². The summed E-state index contributed by atoms with van der Waals surface area (Å²) in [4.78, 5) is 11.2. The first-order valence-corrected chi connectivity index (χ1v) is 6.26. The van der Waals surface area contributed by atoms with Crippen LogP contribution >= 0.6 is 0 Å². The molecule has 0 saturated carbocycles. The van der Waals surface area contributed by atoms with Crippen LogP contribution in [0.5, 0.6) is 0 Å². The van der Waals surface area contributed by atoms with E-state index in [1.165, 1.54) is 18.4 Å². The van der Waals surface area contributed by atoms with E-state index in [9.17, 15) is 4.79 Å². The second-order valence-corrected chi connectivity index (χ2v) is 5.62. The van der Waals surface area contributed by atoms with E-state index in [2.05, 4.69) is 32.9 Å². The molecule has 0 aromatic rings. The highest BCUT2D eigenvalue weighted by atomic mass is 16.1. The van der Waals surface area contributed by atoms with Crippen LogP contribution < -0.4 is 0 Å². The number of carbonyl (C=O) groups is 1. The summed E-state index contributed by atoms with van der Waals surface area (Å²) < 4.78 is 0. The number of hydrogen-bond donors (Lipinski definition) is 0. The molecule has 0 heterocycles. The molecule has 1 nitrogen and oxygen atoms in total. The van der Waals surface area contributed by atoms with E-state index in [-0.39, 0.29) is 5.78 Å². The normalized spacial score (nSPS) is 24.9. The van der Waals surface area contributed by atoms with E-state index in [0.29, 0.717) is 5.41 Å². The van der Waals surface area contributed by atoms with Gasteiger partial charge in [0.05, 0.1) is 0 Å². The van der Waals surface area contributed by atoms with Gasteiger partial charge in [-0.2, -0.15) is 0 Å². The largest absolute Gasteiger partial charge is 0.295 e. The van der Waals surface area contributed by atoms with Crippen molar-refractivity contribution in [1.82, 2.24) is 0 Å². The summed E-state index contributed by atoms with van der Waals surface area (Å²) in [6, 6.07) is 0. The first-order chi connectivity index (χ1) is 7.43. The third-order valence-corrected chi connectivity index (χ3v) is 3.59. The molecule has 0 amide bonds. The van der Waals surface area contributed by atoms with E-state index in [1.807, 2.05) is 0 Å². The van der Waals surface area contributed by atoms with Crippen molar-refractivity contribution in [3.05, 3.63) is 23.3 Å². The fourth-order valence-electron chi connectivity index (χ4n) is 2.27. The summed E-state index contributed by atoms with van der Waals surface area (Å²) in [5.41, 5.74) is 2.85. The van der Waals surface area contributed by atoms with Gasteiger partial charge in [-0.1, -0.05) is 24.6 Å². The van der Waals surface area contributed by atoms with Crippen molar-refractivity contribution in [3.63, 3.8) is 0 Å². The summed E-state index contributed by atoms with van der Waals surface area (Å²) in [6.45, 7) is 8.32. The average Bonchev–Trinajstić information content (AvgIpc) is 2.17. The SMILES string of the molecule is CC(=O)C1=CCC(C)(CCC=C(C)C)CC1. The third-order valence-electron chi connectivity index (χ3n) is 3.59. The molecule has 1 rings (SSSR count). The fraction of sp³-hybridized carbons (Fsp3) is 0.667. The lowest BCUT2D eigenvalue weighted by atomic mass is 9.73. The lowest BCUT2D eigenvalue weighted by molar-refractivity contribution is -0.113. The monoisotopic (exact) mass is 220 g/mol. The molecule has 1 unspecified atom stereocenters. The summed E-state index contributed by atoms with van der Waals surface area (Å²) in [5.74, 6) is 0.256. The van der Waals surface area contributed by atoms with Crippen LogP contribution in [0.4, 0.5) is 0 Å². The Kier molecular flexibility index (Phi) is 4.52. The molecule has 1 aliphatic rings. The fourth-order valence-corrected chi connectivity index (χ4v) is 2.27. The maximum atomic E-state index is 11.2. The molecule has 0 aromatic heterocycles. The quantitative estimate of drug-likeness (QED) is 0.640. The van der Waals surface area contributed by atoms with Crippen LogP contribution in [0.15, 0.2) is 23.3 Å². The van der Waals surface area contributed by atoms with Gasteiger partial charge in [0.15, 0.2) is 5.78 Å². The minimum atomic E-state index is 0.256. The zero-order valence-corrected chi connectivity index (χ0v) is 11.1. The van der Waals surface area contributed by atoms with E-state index in [1.54, 1.807) is 6.92 Å². The number of ketones is 1. The molecule has 0 fully saturated rings. The van der Waals surface area contributed by atoms with Crippen molar-refractivity contribution >= 4 is 5.78 Å². The molecule has 90 valence electrons. The molecule has 0 bridgehead atoms. The Morgan fingerprint density at radius 2 is 2.12 bits per heavy atom. The topological polar surface area (TPSA) is 17.1 Å². The van der Waals surface area contributed by atoms with Crippen LogP contribution in [0.2, 0.25) is 0 Å². The van der Waals surface area contributed by atoms with E-state index in [0.717, 1.165) is 24.8 Å². The predicted octanol–water partition coefficient (Wildman–Crippen LogP) is 4.44. The second kappa shape index (κ2) is 5.47. The Morgan fingerprint density at radius 1 is 1.44 bits per heavy atom. The van der Waals surface area contributed by atoms with Crippen LogP contribution in [0.25, 0.3) is 0 Å². The molecule has 16 heavy (non-hydrogen) atoms. The van der Waals surface area contributed by atoms with Gasteiger partial charge in [-0.05, 0) is 63.9 Å². The molecule has 0 aliphatic heterocycles. The maximum absolute atomic E-state index is 11.2. The lowest BCUT2D eigenvalue weighted by Gasteiger charge is -2.32. The number of hydrogen-bond acceptors (Lipinski definition) is 1. The Hall–Kier alpha value is -0.850. The van der Waals surface area contributed by atoms with E-state index in [4.69, 9.17) is 0 Å². The minimum Gasteiger partial charge on any atom is -0.295 e. The van der Waals surface area contributed by atoms with E-state index >= 15 is 0 Å². The van der Waals surface area contributed by atoms with Gasteiger partial charge in [-0.15, -0.1) is 0 Å². The summed E-state index contributed by atoms with van der Waals surface area (Å²) >= 11 is 0. The summed E-state index contributed by atoms with van der Waals surface area (Å²) in [5, 5.41) is 0. The smallest absolute Gasteiger partial charge is 0.155 e. The van der Waals surface area contributed by atoms with E-state index < -0.39 is 0 Å². The van der Waals surface area contributed by atoms with Crippen LogP contribution in [0.1, 0.15) is 59.8 Å². The summed E-state index contributed by atoms with van der Waals surface area (Å²) in [7, 11) is 0. The highest BCUT2D eigenvalue weighted by Gasteiger charge is 2.26. The Balaban J connectivity index is 2.50. The molecular weight excluding hydrogens is 196 g/mol. The third kappa shape index (κ3) is 3.96. The minimum absolute atomic E-state index is 0.256. The van der Waals surface area contributed by atoms with Gasteiger partial charge < -0.3 is 0 Å². The molecular formula is C15H24O. The highest BCUT2D eigenvalue weighted by Crippen LogP contribution is 2.39. The number of rotatable bonds is 4. The highest BCUT2D eigenvalue weighted by molar-refractivity contribution is 5.93. The number of Topliss-reactive ketones (excluding diaryl/α,β-unsaturated/α-hetero) is 1. The Morgan fingerprint density at radius 3 is 2.56 bits per heavy atom. The van der Waals surface area contributed by atoms with Gasteiger partial charge in [0.2, 0.25) is 0 Å². The zero-order valence-electron chi connectivity index (χ0n) is 11.1. The van der Waals surface area contributed by atoms with Crippen LogP contribution in [-0.4, -0.2) is 5.78 Å². The second-order valence-electron chi connectivity index (χ2n) is 5.62. The van der Waals surface area contributed by atoms with Crippen molar-refractivity contribution in [1.29, 1.82) is 0 Å². The van der Waals surface area contributed by atoms with Gasteiger partial charge in [0.25, 0.3) is 0 Å². The first kappa shape index (κ1) is 13.2. The number of allylic oxidation sites excluding steroid dienone is 4. The summed E-state index contributed by atoms with van der Waals surface area (Å²) in [6.07, 6.45) is 10.1. The molecule has 0 spiro atoms. The molecule has 0 N–H and O–H groups in total. The zero-order chi connectivity index (χ0) is 12.2. The van der Waals surface area contributed by atoms with Gasteiger partial charge in [0.1, 0.15) is 0 Å². The molecule has 0 aromatic carbocycles. The molecule has 1 heteroatoms. The lowest BCUT2D eigenvalue weighted by Crippen LogP contribution is -2.20. The van der Waals surface area contributed by atoms with Gasteiger partial charge in [-0.25, -0.2) is 0 Å². The van der Waals surface area contributed by atoms with Crippen molar-refractivity contribution in [2.45, 2.75) is 59.8 Å². The molecule has 0 radical (unpaired) electrons. The average molecular weight is 220 g/mol. The molecule has 1 atom stereocenters. The predicted molar refractivity (Wildman–Crippen MR) is 69.4 cm³/mol. The van der Waals surface area contributed by atoms with Crippen molar-refractivity contribution < 1.29 is 4.79 Å². The van der Waals surface area contributed by atoms with Crippen LogP contribution in [0.3, 0.4) is 0 Å². The first-order valence-electron chi connectivity index (χ1n) is 6.26. The van der Waals surface area contributed by atoms with Gasteiger partial charge >= 0.3 is 0 Å². The number of carbonyl (C=O) groups excluding carboxylic acids is 1. The molecule has 1 aliphatic carbocycles. The Bertz CT molecular complexity index is 318. The Labute approximate surface area is 99.6 Å². The van der Waals surface area contributed by atoms with Gasteiger partial charge in [-0.3, -0.25) is 4.79 Å². The van der Waals surface area contributed by atoms with Crippen LogP contribution in [0, 0.1) is 5.41 Å². The molecule has 0 saturated heterocycles. The van der Waals surface area contributed by atoms with Gasteiger partial charge in [0, 0.05) is 0 Å². The van der Waals surface area contributed by atoms with Crippen molar-refractivity contribution in [2.24, 2.45) is 5.41 Å². The van der Waals surface area contributed by atoms with Crippen molar-refractivity contribution in [2.75, 3.05) is 0 Å². The standard InChI is InChI=1S/C15H24O/c1-12(2)6-5-9-15(4)10-7-14(8-11-15)13(3)16/h6-7H,5,8-11H2,1-4H3. The van der Waals surface area contributed by atoms with Crippen LogP contribution in [-0.2, 0) is 4.79 Å².